The van der Waals surface area contributed by atoms with Crippen molar-refractivity contribution in [3.63, 3.8) is 0 Å². The van der Waals surface area contributed by atoms with Gasteiger partial charge in [0.05, 0.1) is 32.0 Å². The number of carbonyl (C=O) groups is 3. The summed E-state index contributed by atoms with van der Waals surface area (Å²) < 4.78 is 32.6. The second kappa shape index (κ2) is 35.6. The van der Waals surface area contributed by atoms with Gasteiger partial charge in [-0.25, -0.2) is 4.57 Å². The summed E-state index contributed by atoms with van der Waals surface area (Å²) in [6, 6.07) is 0. The van der Waals surface area contributed by atoms with E-state index in [1.54, 1.807) is 12.2 Å². The van der Waals surface area contributed by atoms with Crippen molar-refractivity contribution in [2.75, 3.05) is 26.4 Å². The van der Waals surface area contributed by atoms with Gasteiger partial charge in [-0.2, -0.15) is 0 Å². The van der Waals surface area contributed by atoms with Crippen molar-refractivity contribution in [1.82, 2.24) is 0 Å². The first-order valence-corrected chi connectivity index (χ1v) is 23.5. The van der Waals surface area contributed by atoms with Crippen LogP contribution in [0.2, 0.25) is 0 Å². The van der Waals surface area contributed by atoms with Gasteiger partial charge in [0.15, 0.2) is 6.10 Å². The van der Waals surface area contributed by atoms with Crippen molar-refractivity contribution in [1.29, 1.82) is 0 Å². The molecule has 0 aliphatic heterocycles. The highest BCUT2D eigenvalue weighted by Crippen LogP contribution is 2.43. The molecule has 0 aromatic heterocycles. The number of esters is 2. The Labute approximate surface area is 358 Å². The highest BCUT2D eigenvalue weighted by molar-refractivity contribution is 7.47. The Morgan fingerprint density at radius 2 is 1.38 bits per heavy atom. The SMILES string of the molecule is CC/C=C\C/C=C\C/C=C\C/C=C\CCCCCCC(=O)OC[C@H](COP(=O)(O)OC[C@@H](O)CO)OC(=O)CCC/C=C\C[C@H]1C(=O)C[C@@H](O)[C@@H]1/C=C/[C@@H](O)CCCCC. The quantitative estimate of drug-likeness (QED) is 0.0174. The lowest BCUT2D eigenvalue weighted by Crippen LogP contribution is -2.29. The van der Waals surface area contributed by atoms with Gasteiger partial charge in [0.2, 0.25) is 0 Å². The standard InChI is InChI=1S/C46H75O13P/c1-3-5-7-8-9-10-11-12-13-14-15-16-17-18-19-20-25-29-45(52)56-36-40(37-58-60(54,55)57-35-39(49)34-47)59-46(53)30-26-22-21-24-28-41-42(44(51)33-43(41)50)32-31-38(48)27-23-6-4-2/h5,7,9-10,12-13,15-16,21,24,31-32,38-42,44,47-49,51H,3-4,6,8,11,14,17-20,22-23,25-30,33-37H2,1-2H3,(H,54,55)/b7-5-,10-9-,13-12-,16-15-,24-21-,32-31+/t38-,39-,40+,41+,42+,44+/m0/s1. The maximum atomic E-state index is 12.7. The summed E-state index contributed by atoms with van der Waals surface area (Å²) in [5, 5.41) is 39.1. The number of Topliss-reactive ketones (excluding diaryl/α,β-unsaturated/α-hetero) is 1. The topological polar surface area (TPSA) is 206 Å². The molecule has 0 spiro atoms. The highest BCUT2D eigenvalue weighted by Gasteiger charge is 2.39. The number of hydrogen-bond donors (Lipinski definition) is 5. The fourth-order valence-electron chi connectivity index (χ4n) is 6.26. The van der Waals surface area contributed by atoms with Gasteiger partial charge in [0, 0.05) is 31.1 Å². The second-order valence-corrected chi connectivity index (χ2v) is 16.6. The fourth-order valence-corrected chi connectivity index (χ4v) is 7.05. The molecular formula is C46H75O13P. The minimum absolute atomic E-state index is 0.0198. The number of phosphoric acid groups is 1. The molecule has 1 fully saturated rings. The van der Waals surface area contributed by atoms with Crippen molar-refractivity contribution in [2.24, 2.45) is 11.8 Å². The van der Waals surface area contributed by atoms with E-state index >= 15 is 0 Å². The summed E-state index contributed by atoms with van der Waals surface area (Å²) in [5.41, 5.74) is 0. The molecular weight excluding hydrogens is 791 g/mol. The number of aliphatic hydroxyl groups is 4. The third kappa shape index (κ3) is 29.3. The van der Waals surface area contributed by atoms with Crippen molar-refractivity contribution in [3.8, 4) is 0 Å². The molecule has 0 bridgehead atoms. The zero-order chi connectivity index (χ0) is 44.3. The second-order valence-electron chi connectivity index (χ2n) is 15.1. The molecule has 0 heterocycles. The number of carbonyl (C=O) groups excluding carboxylic acids is 3. The van der Waals surface area contributed by atoms with Gasteiger partial charge in [-0.3, -0.25) is 23.4 Å². The van der Waals surface area contributed by atoms with Crippen LogP contribution in [0.3, 0.4) is 0 Å². The maximum Gasteiger partial charge on any atom is 0.472 e. The molecule has 0 aromatic carbocycles. The first-order chi connectivity index (χ1) is 28.9. The number of hydrogen-bond acceptors (Lipinski definition) is 12. The normalized spacial score (nSPS) is 20.1. The third-order valence-electron chi connectivity index (χ3n) is 9.71. The van der Waals surface area contributed by atoms with Crippen LogP contribution in [-0.4, -0.2) is 93.9 Å². The summed E-state index contributed by atoms with van der Waals surface area (Å²) in [6.07, 6.45) is 33.7. The van der Waals surface area contributed by atoms with Gasteiger partial charge >= 0.3 is 19.8 Å². The summed E-state index contributed by atoms with van der Waals surface area (Å²) in [7, 11) is -4.70. The Morgan fingerprint density at radius 1 is 0.767 bits per heavy atom. The number of rotatable bonds is 36. The predicted octanol–water partition coefficient (Wildman–Crippen LogP) is 8.25. The Balaban J connectivity index is 2.50. The lowest BCUT2D eigenvalue weighted by molar-refractivity contribution is -0.161. The van der Waals surface area contributed by atoms with Crippen molar-refractivity contribution < 1.29 is 62.8 Å². The van der Waals surface area contributed by atoms with Gasteiger partial charge in [-0.05, 0) is 70.6 Å². The number of unbranched alkanes of at least 4 members (excludes halogenated alkanes) is 7. The number of phosphoric ester groups is 1. The summed E-state index contributed by atoms with van der Waals surface area (Å²) in [4.78, 5) is 47.7. The molecule has 342 valence electrons. The number of aliphatic hydroxyl groups excluding tert-OH is 4. The zero-order valence-corrected chi connectivity index (χ0v) is 37.0. The lowest BCUT2D eigenvalue weighted by Gasteiger charge is -2.20. The smallest absolute Gasteiger partial charge is 0.462 e. The van der Waals surface area contributed by atoms with Crippen LogP contribution in [0.5, 0.6) is 0 Å². The molecule has 0 aromatic rings. The Morgan fingerprint density at radius 3 is 2.07 bits per heavy atom. The summed E-state index contributed by atoms with van der Waals surface area (Å²) >= 11 is 0. The number of allylic oxidation sites excluding steroid dienone is 10. The number of ketones is 1. The van der Waals surface area contributed by atoms with Gasteiger partial charge in [0.1, 0.15) is 18.5 Å². The zero-order valence-electron chi connectivity index (χ0n) is 36.1. The molecule has 60 heavy (non-hydrogen) atoms. The van der Waals surface area contributed by atoms with E-state index < -0.39 is 76.5 Å². The Bertz CT molecular complexity index is 1390. The van der Waals surface area contributed by atoms with E-state index in [1.165, 1.54) is 0 Å². The van der Waals surface area contributed by atoms with E-state index in [0.29, 0.717) is 32.1 Å². The Hall–Kier alpha value is -3.00. The highest BCUT2D eigenvalue weighted by atomic mass is 31.2. The predicted molar refractivity (Wildman–Crippen MR) is 234 cm³/mol. The molecule has 1 unspecified atom stereocenters. The van der Waals surface area contributed by atoms with Crippen molar-refractivity contribution in [2.45, 2.75) is 160 Å². The largest absolute Gasteiger partial charge is 0.472 e. The molecule has 0 amide bonds. The van der Waals surface area contributed by atoms with Crippen LogP contribution >= 0.6 is 7.82 Å². The monoisotopic (exact) mass is 866 g/mol. The van der Waals surface area contributed by atoms with Gasteiger partial charge < -0.3 is 34.8 Å². The van der Waals surface area contributed by atoms with E-state index in [-0.39, 0.29) is 31.0 Å². The van der Waals surface area contributed by atoms with Crippen LogP contribution in [0.15, 0.2) is 72.9 Å². The number of ether oxygens (including phenoxy) is 2. The minimum atomic E-state index is -4.70. The lowest BCUT2D eigenvalue weighted by atomic mass is 9.90. The van der Waals surface area contributed by atoms with Crippen LogP contribution in [0, 0.1) is 11.8 Å². The molecule has 14 heteroatoms. The minimum Gasteiger partial charge on any atom is -0.462 e. The van der Waals surface area contributed by atoms with E-state index in [0.717, 1.165) is 70.6 Å². The average Bonchev–Trinajstić information content (AvgIpc) is 3.49. The third-order valence-corrected chi connectivity index (χ3v) is 10.7. The Kier molecular flexibility index (Phi) is 32.6. The maximum absolute atomic E-state index is 12.7. The van der Waals surface area contributed by atoms with Crippen molar-refractivity contribution >= 4 is 25.5 Å². The molecule has 7 atom stereocenters. The van der Waals surface area contributed by atoms with Crippen LogP contribution in [0.4, 0.5) is 0 Å². The van der Waals surface area contributed by atoms with E-state index in [9.17, 15) is 39.2 Å². The molecule has 13 nitrogen and oxygen atoms in total. The van der Waals surface area contributed by atoms with Crippen LogP contribution in [0.1, 0.15) is 136 Å². The first kappa shape index (κ1) is 55.0. The van der Waals surface area contributed by atoms with E-state index in [2.05, 4.69) is 67.0 Å². The fraction of sp³-hybridized carbons (Fsp3) is 0.674. The van der Waals surface area contributed by atoms with E-state index in [1.807, 2.05) is 12.2 Å². The molecule has 5 N–H and O–H groups in total. The van der Waals surface area contributed by atoms with Crippen LogP contribution < -0.4 is 0 Å². The van der Waals surface area contributed by atoms with E-state index in [4.69, 9.17) is 19.1 Å². The molecule has 1 aliphatic carbocycles. The first-order valence-electron chi connectivity index (χ1n) is 22.0. The van der Waals surface area contributed by atoms with Gasteiger partial charge in [-0.15, -0.1) is 0 Å². The molecule has 1 saturated carbocycles. The van der Waals surface area contributed by atoms with Crippen LogP contribution in [0.25, 0.3) is 0 Å². The summed E-state index contributed by atoms with van der Waals surface area (Å²) in [5.74, 6) is -1.97. The average molecular weight is 867 g/mol. The van der Waals surface area contributed by atoms with Gasteiger partial charge in [-0.1, -0.05) is 119 Å². The van der Waals surface area contributed by atoms with Crippen LogP contribution in [-0.2, 0) is 37.5 Å². The molecule has 1 aliphatic rings. The molecule has 1 rings (SSSR count). The molecule has 0 radical (unpaired) electrons. The molecule has 0 saturated heterocycles. The summed E-state index contributed by atoms with van der Waals surface area (Å²) in [6.45, 7) is 1.80. The van der Waals surface area contributed by atoms with Crippen molar-refractivity contribution in [3.05, 3.63) is 72.9 Å². The van der Waals surface area contributed by atoms with Gasteiger partial charge in [0.25, 0.3) is 0 Å².